The quantitative estimate of drug-likeness (QED) is 0.655. The van der Waals surface area contributed by atoms with Crippen LogP contribution in [0.25, 0.3) is 0 Å². The van der Waals surface area contributed by atoms with E-state index in [4.69, 9.17) is 0 Å². The fraction of sp³-hybridized carbons (Fsp3) is 0.440. The number of nitrogens with zero attached hydrogens (tertiary/aromatic N) is 1. The Hall–Kier alpha value is -2.27. The van der Waals surface area contributed by atoms with Gasteiger partial charge in [-0.1, -0.05) is 54.1 Å². The Labute approximate surface area is 185 Å². The molecule has 2 rings (SSSR count). The van der Waals surface area contributed by atoms with Crippen molar-refractivity contribution in [3.05, 3.63) is 70.8 Å². The van der Waals surface area contributed by atoms with Gasteiger partial charge in [0.15, 0.2) is 0 Å². The summed E-state index contributed by atoms with van der Waals surface area (Å²) in [6.07, 6.45) is 0. The predicted octanol–water partition coefficient (Wildman–Crippen LogP) is 4.87. The Morgan fingerprint density at radius 3 is 2.27 bits per heavy atom. The summed E-state index contributed by atoms with van der Waals surface area (Å²) < 4.78 is 0. The van der Waals surface area contributed by atoms with Crippen LogP contribution in [0.15, 0.2) is 48.5 Å². The molecule has 0 fully saturated rings. The van der Waals surface area contributed by atoms with Crippen LogP contribution in [0.1, 0.15) is 49.9 Å². The van der Waals surface area contributed by atoms with Crippen LogP contribution in [-0.2, 0) is 21.9 Å². The summed E-state index contributed by atoms with van der Waals surface area (Å²) in [4.78, 5) is 27.6. The summed E-state index contributed by atoms with van der Waals surface area (Å²) in [6.45, 7) is 12.2. The van der Waals surface area contributed by atoms with Crippen LogP contribution in [-0.4, -0.2) is 34.0 Å². The Morgan fingerprint density at radius 2 is 1.67 bits per heavy atom. The minimum atomic E-state index is -0.544. The van der Waals surface area contributed by atoms with Gasteiger partial charge in [-0.25, -0.2) is 0 Å². The van der Waals surface area contributed by atoms with Crippen LogP contribution in [0, 0.1) is 13.8 Å². The average molecular weight is 427 g/mol. The lowest BCUT2D eigenvalue weighted by molar-refractivity contribution is -0.139. The third-order valence-corrected chi connectivity index (χ3v) is 5.85. The normalized spacial score (nSPS) is 12.3. The van der Waals surface area contributed by atoms with E-state index in [9.17, 15) is 9.59 Å². The summed E-state index contributed by atoms with van der Waals surface area (Å²) in [7, 11) is 0. The van der Waals surface area contributed by atoms with Crippen molar-refractivity contribution in [2.75, 3.05) is 5.75 Å². The smallest absolute Gasteiger partial charge is 0.242 e. The van der Waals surface area contributed by atoms with Crippen molar-refractivity contribution in [2.24, 2.45) is 0 Å². The standard InChI is InChI=1S/C25H34N2O2S/c1-18-11-13-21(14-12-18)15-27(20(3)24(29)26-25(4,5)6)23(28)17-30-16-22-10-8-7-9-19(22)2/h7-14,20H,15-17H2,1-6H3,(H,26,29). The van der Waals surface area contributed by atoms with E-state index in [0.717, 1.165) is 11.3 Å². The maximum Gasteiger partial charge on any atom is 0.242 e. The Kier molecular flexibility index (Phi) is 8.54. The molecule has 0 aliphatic heterocycles. The number of benzene rings is 2. The van der Waals surface area contributed by atoms with E-state index in [1.165, 1.54) is 16.7 Å². The van der Waals surface area contributed by atoms with E-state index in [1.54, 1.807) is 23.6 Å². The van der Waals surface area contributed by atoms with Gasteiger partial charge in [0.1, 0.15) is 6.04 Å². The van der Waals surface area contributed by atoms with Crippen molar-refractivity contribution in [3.63, 3.8) is 0 Å². The lowest BCUT2D eigenvalue weighted by atomic mass is 10.1. The monoisotopic (exact) mass is 426 g/mol. The third-order valence-electron chi connectivity index (χ3n) is 4.88. The molecule has 162 valence electrons. The van der Waals surface area contributed by atoms with Gasteiger partial charge in [-0.2, -0.15) is 0 Å². The van der Waals surface area contributed by atoms with E-state index >= 15 is 0 Å². The number of rotatable bonds is 8. The molecule has 1 unspecified atom stereocenters. The van der Waals surface area contributed by atoms with Crippen molar-refractivity contribution in [3.8, 4) is 0 Å². The number of nitrogens with one attached hydrogen (secondary N) is 1. The number of carbonyl (C=O) groups is 2. The van der Waals surface area contributed by atoms with Gasteiger partial charge in [0.05, 0.1) is 5.75 Å². The molecule has 0 aliphatic rings. The SMILES string of the molecule is Cc1ccc(CN(C(=O)CSCc2ccccc2C)C(C)C(=O)NC(C)(C)C)cc1. The zero-order valence-electron chi connectivity index (χ0n) is 19.0. The molecule has 4 nitrogen and oxygen atoms in total. The van der Waals surface area contributed by atoms with Crippen molar-refractivity contribution >= 4 is 23.6 Å². The lowest BCUT2D eigenvalue weighted by Crippen LogP contribution is -2.52. The Morgan fingerprint density at radius 1 is 1.03 bits per heavy atom. The van der Waals surface area contributed by atoms with Crippen LogP contribution in [0.4, 0.5) is 0 Å². The highest BCUT2D eigenvalue weighted by atomic mass is 32.2. The highest BCUT2D eigenvalue weighted by Gasteiger charge is 2.28. The topological polar surface area (TPSA) is 49.4 Å². The molecule has 2 aromatic rings. The highest BCUT2D eigenvalue weighted by Crippen LogP contribution is 2.18. The summed E-state index contributed by atoms with van der Waals surface area (Å²) in [6, 6.07) is 15.8. The molecule has 2 amide bonds. The summed E-state index contributed by atoms with van der Waals surface area (Å²) in [5.41, 5.74) is 4.31. The summed E-state index contributed by atoms with van der Waals surface area (Å²) in [5, 5.41) is 3.00. The van der Waals surface area contributed by atoms with Gasteiger partial charge < -0.3 is 10.2 Å². The van der Waals surface area contributed by atoms with Crippen LogP contribution in [0.5, 0.6) is 0 Å². The van der Waals surface area contributed by atoms with E-state index in [0.29, 0.717) is 12.3 Å². The molecule has 30 heavy (non-hydrogen) atoms. The maximum absolute atomic E-state index is 13.1. The first kappa shape index (κ1) is 24.0. The van der Waals surface area contributed by atoms with Gasteiger partial charge in [0.25, 0.3) is 0 Å². The fourth-order valence-electron chi connectivity index (χ4n) is 3.05. The fourth-order valence-corrected chi connectivity index (χ4v) is 4.04. The van der Waals surface area contributed by atoms with Crippen molar-refractivity contribution in [1.29, 1.82) is 0 Å². The first-order chi connectivity index (χ1) is 14.1. The molecular weight excluding hydrogens is 392 g/mol. The van der Waals surface area contributed by atoms with Gasteiger partial charge >= 0.3 is 0 Å². The van der Waals surface area contributed by atoms with Crippen LogP contribution in [0.2, 0.25) is 0 Å². The molecule has 0 bridgehead atoms. The van der Waals surface area contributed by atoms with E-state index in [2.05, 4.69) is 24.4 Å². The number of hydrogen-bond donors (Lipinski definition) is 1. The third kappa shape index (κ3) is 7.52. The molecule has 0 heterocycles. The second-order valence-electron chi connectivity index (χ2n) is 8.84. The Balaban J connectivity index is 2.10. The summed E-state index contributed by atoms with van der Waals surface area (Å²) >= 11 is 1.59. The molecule has 0 radical (unpaired) electrons. The minimum Gasteiger partial charge on any atom is -0.350 e. The van der Waals surface area contributed by atoms with Gasteiger partial charge in [-0.3, -0.25) is 9.59 Å². The van der Waals surface area contributed by atoms with E-state index in [1.807, 2.05) is 64.1 Å². The van der Waals surface area contributed by atoms with Crippen LogP contribution >= 0.6 is 11.8 Å². The second-order valence-corrected chi connectivity index (χ2v) is 9.83. The number of thioether (sulfide) groups is 1. The number of amides is 2. The molecule has 0 aromatic heterocycles. The van der Waals surface area contributed by atoms with Gasteiger partial charge in [-0.05, 0) is 58.2 Å². The zero-order valence-corrected chi connectivity index (χ0v) is 19.8. The highest BCUT2D eigenvalue weighted by molar-refractivity contribution is 7.99. The first-order valence-corrected chi connectivity index (χ1v) is 11.5. The molecule has 1 atom stereocenters. The van der Waals surface area contributed by atoms with E-state index in [-0.39, 0.29) is 17.4 Å². The minimum absolute atomic E-state index is 0.0225. The van der Waals surface area contributed by atoms with Gasteiger partial charge in [0, 0.05) is 17.8 Å². The first-order valence-electron chi connectivity index (χ1n) is 10.4. The van der Waals surface area contributed by atoms with Crippen molar-refractivity contribution < 1.29 is 9.59 Å². The van der Waals surface area contributed by atoms with E-state index < -0.39 is 6.04 Å². The molecule has 2 aromatic carbocycles. The van der Waals surface area contributed by atoms with Crippen molar-refractivity contribution in [1.82, 2.24) is 10.2 Å². The second kappa shape index (κ2) is 10.7. The lowest BCUT2D eigenvalue weighted by Gasteiger charge is -2.31. The molecule has 0 aliphatic carbocycles. The molecule has 0 saturated heterocycles. The number of carbonyl (C=O) groups excluding carboxylic acids is 2. The zero-order chi connectivity index (χ0) is 22.3. The van der Waals surface area contributed by atoms with Gasteiger partial charge in [0.2, 0.25) is 11.8 Å². The van der Waals surface area contributed by atoms with Crippen molar-refractivity contribution in [2.45, 2.75) is 65.4 Å². The molecule has 0 spiro atoms. The molecule has 1 N–H and O–H groups in total. The number of aryl methyl sites for hydroxylation is 2. The van der Waals surface area contributed by atoms with Gasteiger partial charge in [-0.15, -0.1) is 11.8 Å². The summed E-state index contributed by atoms with van der Waals surface area (Å²) in [5.74, 6) is 0.963. The average Bonchev–Trinajstić information content (AvgIpc) is 2.67. The van der Waals surface area contributed by atoms with Crippen LogP contribution in [0.3, 0.4) is 0 Å². The number of hydrogen-bond acceptors (Lipinski definition) is 3. The molecular formula is C25H34N2O2S. The molecule has 5 heteroatoms. The predicted molar refractivity (Wildman–Crippen MR) is 126 cm³/mol. The largest absolute Gasteiger partial charge is 0.350 e. The maximum atomic E-state index is 13.1. The van der Waals surface area contributed by atoms with Crippen LogP contribution < -0.4 is 5.32 Å². The Bertz CT molecular complexity index is 856. The molecule has 0 saturated carbocycles.